The summed E-state index contributed by atoms with van der Waals surface area (Å²) in [7, 11) is 0. The van der Waals surface area contributed by atoms with Crippen molar-refractivity contribution in [2.24, 2.45) is 0 Å². The van der Waals surface area contributed by atoms with E-state index in [0.717, 1.165) is 0 Å². The molecule has 0 rings (SSSR count). The van der Waals surface area contributed by atoms with E-state index in [1.165, 1.54) is 0 Å². The second kappa shape index (κ2) is 5.50. The smallest absolute Gasteiger partial charge is 0.560 e. The third-order valence-electron chi connectivity index (χ3n) is 1.70. The maximum Gasteiger partial charge on any atom is 0.560 e. The van der Waals surface area contributed by atoms with Crippen LogP contribution in [0.2, 0.25) is 0 Å². The highest BCUT2D eigenvalue weighted by Gasteiger charge is 2.93. The molecule has 0 heterocycles. The second-order valence-corrected chi connectivity index (χ2v) is 3.89. The predicted molar refractivity (Wildman–Crippen MR) is 35.4 cm³/mol. The number of rotatable bonds is 4. The van der Waals surface area contributed by atoms with Crippen molar-refractivity contribution in [1.82, 2.24) is 0 Å². The Labute approximate surface area is 110 Å². The van der Waals surface area contributed by atoms with Crippen molar-refractivity contribution in [3.63, 3.8) is 0 Å². The highest BCUT2D eigenvalue weighted by Crippen LogP contribution is 2.58. The minimum absolute atomic E-state index is 0. The second-order valence-electron chi connectivity index (χ2n) is 2.95. The molecule has 0 saturated carbocycles. The van der Waals surface area contributed by atoms with E-state index in [1.54, 1.807) is 0 Å². The normalized spacial score (nSPS) is 15.3. The summed E-state index contributed by atoms with van der Waals surface area (Å²) in [4.78, 5) is 0. The minimum Gasteiger partial charge on any atom is -1.00 e. The van der Waals surface area contributed by atoms with E-state index in [1.807, 2.05) is 0 Å². The van der Waals surface area contributed by atoms with Crippen LogP contribution in [0.5, 0.6) is 0 Å². The van der Waals surface area contributed by atoms with Crippen molar-refractivity contribution in [3.8, 4) is 0 Å². The minimum atomic E-state index is -7.77. The molecule has 0 aromatic carbocycles. The van der Waals surface area contributed by atoms with Crippen molar-refractivity contribution in [2.75, 3.05) is 0 Å². The van der Waals surface area contributed by atoms with E-state index < -0.39 is 40.9 Å². The lowest BCUT2D eigenvalue weighted by Gasteiger charge is -2.33. The highest BCUT2D eigenvalue weighted by atomic mass is 35.5. The highest BCUT2D eigenvalue weighted by molar-refractivity contribution is 7.88. The SMILES string of the molecule is F[S+](F)C(F)(F)C(F)(F)C(F)(F)C(F)(F)C(F)(F)F.[Cl-]. The lowest BCUT2D eigenvalue weighted by atomic mass is 10.0. The zero-order chi connectivity index (χ0) is 16.1. The Balaban J connectivity index is 0. The molecule has 0 nitrogen and oxygen atoms in total. The molecular formula is C5ClF13S. The summed E-state index contributed by atoms with van der Waals surface area (Å²) in [6.07, 6.45) is -7.35. The molecule has 0 unspecified atom stereocenters. The first-order chi connectivity index (χ1) is 7.94. The van der Waals surface area contributed by atoms with Crippen LogP contribution in [0.15, 0.2) is 0 Å². The van der Waals surface area contributed by atoms with E-state index in [9.17, 15) is 56.1 Å². The molecule has 0 radical (unpaired) electrons. The van der Waals surface area contributed by atoms with Gasteiger partial charge in [0.1, 0.15) is 0 Å². The molecule has 0 bridgehead atoms. The molecule has 15 heteroatoms. The molecule has 0 N–H and O–H groups in total. The van der Waals surface area contributed by atoms with Crippen LogP contribution >= 0.6 is 0 Å². The van der Waals surface area contributed by atoms with E-state index in [4.69, 9.17) is 0 Å². The molecule has 0 fully saturated rings. The Morgan fingerprint density at radius 2 is 0.800 bits per heavy atom. The Kier molecular flexibility index (Phi) is 6.05. The third-order valence-corrected chi connectivity index (χ3v) is 2.35. The van der Waals surface area contributed by atoms with Crippen LogP contribution in [-0.2, 0) is 11.7 Å². The van der Waals surface area contributed by atoms with Gasteiger partial charge in [-0.3, -0.25) is 0 Å². The van der Waals surface area contributed by atoms with Gasteiger partial charge in [-0.25, -0.2) is 0 Å². The monoisotopic (exact) mass is 374 g/mol. The number of hydrogen-bond acceptors (Lipinski definition) is 0. The fraction of sp³-hybridized carbons (Fsp3) is 1.00. The average Bonchev–Trinajstić information content (AvgIpc) is 2.14. The van der Waals surface area contributed by atoms with Crippen LogP contribution in [-0.4, -0.2) is 29.2 Å². The molecule has 0 aromatic heterocycles. The molecule has 0 aliphatic heterocycles. The third kappa shape index (κ3) is 2.85. The van der Waals surface area contributed by atoms with Gasteiger partial charge in [0, 0.05) is 0 Å². The first-order valence-electron chi connectivity index (χ1n) is 3.59. The molecule has 0 aromatic rings. The van der Waals surface area contributed by atoms with Crippen molar-refractivity contribution in [3.05, 3.63) is 0 Å². The van der Waals surface area contributed by atoms with E-state index in [0.29, 0.717) is 0 Å². The zero-order valence-corrected chi connectivity index (χ0v) is 9.77. The summed E-state index contributed by atoms with van der Waals surface area (Å²) in [5, 5.41) is -7.06. The summed E-state index contributed by atoms with van der Waals surface area (Å²) < 4.78 is 155. The molecule has 0 saturated heterocycles. The fourth-order valence-electron chi connectivity index (χ4n) is 0.655. The summed E-state index contributed by atoms with van der Waals surface area (Å²) in [6.45, 7) is 0. The molecule has 20 heavy (non-hydrogen) atoms. The molecule has 0 aliphatic rings. The molecule has 0 amide bonds. The molecule has 0 aliphatic carbocycles. The maximum absolute atomic E-state index is 12.3. The Hall–Kier alpha value is -0.270. The molecule has 124 valence electrons. The van der Waals surface area contributed by atoms with Gasteiger partial charge in [-0.05, 0) is 0 Å². The predicted octanol–water partition coefficient (Wildman–Crippen LogP) is 1.44. The molecule has 0 atom stereocenters. The van der Waals surface area contributed by atoms with Crippen molar-refractivity contribution >= 4 is 11.7 Å². The van der Waals surface area contributed by atoms with Crippen LogP contribution in [0.4, 0.5) is 56.1 Å². The van der Waals surface area contributed by atoms with Gasteiger partial charge in [-0.2, -0.15) is 39.5 Å². The Morgan fingerprint density at radius 3 is 1.00 bits per heavy atom. The maximum atomic E-state index is 12.3. The number of alkyl halides is 11. The summed E-state index contributed by atoms with van der Waals surface area (Å²) >= 11 is -5.87. The number of halogens is 14. The summed E-state index contributed by atoms with van der Waals surface area (Å²) in [6, 6.07) is 0. The van der Waals surface area contributed by atoms with Gasteiger partial charge in [-0.15, -0.1) is 8.78 Å². The lowest BCUT2D eigenvalue weighted by molar-refractivity contribution is -0.413. The van der Waals surface area contributed by atoms with Gasteiger partial charge in [-0.1, -0.05) is 0 Å². The topological polar surface area (TPSA) is 0 Å². The zero-order valence-electron chi connectivity index (χ0n) is 8.20. The van der Waals surface area contributed by atoms with Crippen LogP contribution in [0, 0.1) is 0 Å². The standard InChI is InChI=1S/C5F13S.ClH/c6-1(7,2(8,9)4(12,13)14)3(10,11)5(15,16)19(17)18;/h;1H/q+1;/p-1. The van der Waals surface area contributed by atoms with Crippen LogP contribution < -0.4 is 12.4 Å². The quantitative estimate of drug-likeness (QED) is 0.516. The first-order valence-corrected chi connectivity index (χ1v) is 4.62. The lowest BCUT2D eigenvalue weighted by Crippen LogP contribution is -3.00. The average molecular weight is 375 g/mol. The van der Waals surface area contributed by atoms with Crippen LogP contribution in [0.25, 0.3) is 0 Å². The number of hydrogen-bond donors (Lipinski definition) is 0. The first kappa shape index (κ1) is 22.0. The Bertz CT molecular complexity index is 332. The summed E-state index contributed by atoms with van der Waals surface area (Å²) in [5.74, 6) is -23.0. The van der Waals surface area contributed by atoms with Crippen LogP contribution in [0.1, 0.15) is 0 Å². The Morgan fingerprint density at radius 1 is 0.500 bits per heavy atom. The van der Waals surface area contributed by atoms with Gasteiger partial charge in [0.25, 0.3) is 0 Å². The van der Waals surface area contributed by atoms with Gasteiger partial charge in [0.2, 0.25) is 0 Å². The van der Waals surface area contributed by atoms with Gasteiger partial charge in [0.05, 0.1) is 7.77 Å². The van der Waals surface area contributed by atoms with Crippen molar-refractivity contribution in [1.29, 1.82) is 0 Å². The van der Waals surface area contributed by atoms with Gasteiger partial charge >= 0.3 is 40.9 Å². The van der Waals surface area contributed by atoms with E-state index in [-0.39, 0.29) is 12.4 Å². The van der Waals surface area contributed by atoms with E-state index >= 15 is 0 Å². The largest absolute Gasteiger partial charge is 1.00 e. The molecule has 0 spiro atoms. The van der Waals surface area contributed by atoms with Crippen LogP contribution in [0.3, 0.4) is 0 Å². The van der Waals surface area contributed by atoms with Crippen molar-refractivity contribution < 1.29 is 68.5 Å². The van der Waals surface area contributed by atoms with Gasteiger partial charge in [0.15, 0.2) is 0 Å². The summed E-state index contributed by atoms with van der Waals surface area (Å²) in [5.41, 5.74) is 0. The molecular weight excluding hydrogens is 375 g/mol. The van der Waals surface area contributed by atoms with E-state index in [2.05, 4.69) is 0 Å². The van der Waals surface area contributed by atoms with Gasteiger partial charge < -0.3 is 12.4 Å². The fourth-order valence-corrected chi connectivity index (χ4v) is 0.977. The van der Waals surface area contributed by atoms with Crippen molar-refractivity contribution in [2.45, 2.75) is 29.2 Å².